The molecule has 0 heteroatoms. The van der Waals surface area contributed by atoms with Gasteiger partial charge in [0.15, 0.2) is 0 Å². The second-order valence-electron chi connectivity index (χ2n) is 4.78. The van der Waals surface area contributed by atoms with Crippen LogP contribution in [-0.4, -0.2) is 0 Å². The highest BCUT2D eigenvalue weighted by molar-refractivity contribution is 5.44. The lowest BCUT2D eigenvalue weighted by Crippen LogP contribution is -1.96. The first-order valence-corrected chi connectivity index (χ1v) is 7.05. The van der Waals surface area contributed by atoms with Gasteiger partial charge in [0.05, 0.1) is 0 Å². The minimum absolute atomic E-state index is 1.14. The SMILES string of the molecule is C/C=C(CC)/C(CC)=C(C)\C(C)=C(\C)CCC. The van der Waals surface area contributed by atoms with Gasteiger partial charge >= 0.3 is 0 Å². The molecule has 0 saturated carbocycles. The molecule has 0 aromatic rings. The number of hydrogen-bond donors (Lipinski definition) is 0. The highest BCUT2D eigenvalue weighted by atomic mass is 14.1. The predicted octanol–water partition coefficient (Wildman–Crippen LogP) is 6.21. The Morgan fingerprint density at radius 3 is 1.82 bits per heavy atom. The molecule has 0 atom stereocenters. The summed E-state index contributed by atoms with van der Waals surface area (Å²) in [7, 11) is 0. The quantitative estimate of drug-likeness (QED) is 0.479. The molecule has 0 N–H and O–H groups in total. The van der Waals surface area contributed by atoms with E-state index in [-0.39, 0.29) is 0 Å². The van der Waals surface area contributed by atoms with Crippen molar-refractivity contribution in [2.24, 2.45) is 0 Å². The van der Waals surface area contributed by atoms with E-state index in [2.05, 4.69) is 54.5 Å². The topological polar surface area (TPSA) is 0 Å². The van der Waals surface area contributed by atoms with Gasteiger partial charge in [-0.3, -0.25) is 0 Å². The van der Waals surface area contributed by atoms with Crippen molar-refractivity contribution in [2.75, 3.05) is 0 Å². The molecule has 0 unspecified atom stereocenters. The highest BCUT2D eigenvalue weighted by Crippen LogP contribution is 2.27. The van der Waals surface area contributed by atoms with Gasteiger partial charge in [-0.2, -0.15) is 0 Å². The summed E-state index contributed by atoms with van der Waals surface area (Å²) in [4.78, 5) is 0. The molecule has 0 aromatic carbocycles. The summed E-state index contributed by atoms with van der Waals surface area (Å²) >= 11 is 0. The maximum atomic E-state index is 2.28. The molecule has 0 fully saturated rings. The molecule has 0 aliphatic carbocycles. The van der Waals surface area contributed by atoms with Crippen molar-refractivity contribution in [3.63, 3.8) is 0 Å². The van der Waals surface area contributed by atoms with Gasteiger partial charge < -0.3 is 0 Å². The van der Waals surface area contributed by atoms with Gasteiger partial charge in [-0.25, -0.2) is 0 Å². The third kappa shape index (κ3) is 4.53. The Morgan fingerprint density at radius 1 is 0.882 bits per heavy atom. The zero-order valence-corrected chi connectivity index (χ0v) is 12.9. The van der Waals surface area contributed by atoms with Crippen LogP contribution in [0.4, 0.5) is 0 Å². The standard InChI is InChI=1S/C17H30/c1-8-12-13(5)14(6)15(7)17(11-4)16(9-2)10-3/h9H,8,10-12H2,1-7H3/b14-13-,16-9+,17-15-. The van der Waals surface area contributed by atoms with Crippen LogP contribution in [0.2, 0.25) is 0 Å². The molecule has 0 heterocycles. The number of allylic oxidation sites excluding steroid dienone is 6. The van der Waals surface area contributed by atoms with E-state index in [1.54, 1.807) is 11.1 Å². The molecule has 0 bridgehead atoms. The second kappa shape index (κ2) is 8.33. The van der Waals surface area contributed by atoms with E-state index in [0.717, 1.165) is 12.8 Å². The lowest BCUT2D eigenvalue weighted by Gasteiger charge is -2.16. The first kappa shape index (κ1) is 16.2. The summed E-state index contributed by atoms with van der Waals surface area (Å²) in [5.74, 6) is 0. The molecule has 0 saturated heterocycles. The fraction of sp³-hybridized carbons (Fsp3) is 0.647. The largest absolute Gasteiger partial charge is 0.0842 e. The van der Waals surface area contributed by atoms with E-state index in [4.69, 9.17) is 0 Å². The van der Waals surface area contributed by atoms with Gasteiger partial charge in [-0.15, -0.1) is 0 Å². The lowest BCUT2D eigenvalue weighted by molar-refractivity contribution is 0.888. The molecule has 0 aliphatic rings. The van der Waals surface area contributed by atoms with Crippen LogP contribution < -0.4 is 0 Å². The summed E-state index contributed by atoms with van der Waals surface area (Å²) in [6, 6.07) is 0. The van der Waals surface area contributed by atoms with Crippen molar-refractivity contribution in [2.45, 2.75) is 74.1 Å². The van der Waals surface area contributed by atoms with Crippen molar-refractivity contribution < 1.29 is 0 Å². The van der Waals surface area contributed by atoms with E-state index in [9.17, 15) is 0 Å². The van der Waals surface area contributed by atoms with Crippen molar-refractivity contribution in [1.29, 1.82) is 0 Å². The highest BCUT2D eigenvalue weighted by Gasteiger charge is 2.08. The summed E-state index contributed by atoms with van der Waals surface area (Å²) in [5, 5.41) is 0. The van der Waals surface area contributed by atoms with Crippen LogP contribution in [0.15, 0.2) is 33.9 Å². The molecular weight excluding hydrogens is 204 g/mol. The second-order valence-corrected chi connectivity index (χ2v) is 4.78. The third-order valence-electron chi connectivity index (χ3n) is 3.75. The number of rotatable bonds is 6. The Labute approximate surface area is 109 Å². The van der Waals surface area contributed by atoms with Gasteiger partial charge in [0.2, 0.25) is 0 Å². The zero-order chi connectivity index (χ0) is 13.4. The van der Waals surface area contributed by atoms with Gasteiger partial charge in [-0.1, -0.05) is 38.8 Å². The summed E-state index contributed by atoms with van der Waals surface area (Å²) in [6.45, 7) is 15.7. The fourth-order valence-electron chi connectivity index (χ4n) is 2.43. The molecule has 0 spiro atoms. The summed E-state index contributed by atoms with van der Waals surface area (Å²) in [5.41, 5.74) is 7.59. The number of hydrogen-bond acceptors (Lipinski definition) is 0. The van der Waals surface area contributed by atoms with Crippen LogP contribution in [0.25, 0.3) is 0 Å². The maximum Gasteiger partial charge on any atom is -0.0302 e. The normalized spacial score (nSPS) is 15.6. The van der Waals surface area contributed by atoms with E-state index in [0.29, 0.717) is 0 Å². The van der Waals surface area contributed by atoms with Crippen LogP contribution >= 0.6 is 0 Å². The van der Waals surface area contributed by atoms with Crippen molar-refractivity contribution in [1.82, 2.24) is 0 Å². The molecule has 17 heavy (non-hydrogen) atoms. The molecule has 98 valence electrons. The van der Waals surface area contributed by atoms with Gasteiger partial charge in [-0.05, 0) is 69.2 Å². The van der Waals surface area contributed by atoms with Gasteiger partial charge in [0.25, 0.3) is 0 Å². The predicted molar refractivity (Wildman–Crippen MR) is 80.3 cm³/mol. The molecule has 0 radical (unpaired) electrons. The molecule has 0 rings (SSSR count). The Morgan fingerprint density at radius 2 is 1.47 bits per heavy atom. The molecule has 0 amide bonds. The Bertz CT molecular complexity index is 324. The minimum atomic E-state index is 1.14. The monoisotopic (exact) mass is 234 g/mol. The molecule has 0 aromatic heterocycles. The first-order chi connectivity index (χ1) is 8.03. The fourth-order valence-corrected chi connectivity index (χ4v) is 2.43. The van der Waals surface area contributed by atoms with E-state index in [1.807, 2.05) is 0 Å². The Hall–Kier alpha value is -0.780. The van der Waals surface area contributed by atoms with Crippen LogP contribution in [0.5, 0.6) is 0 Å². The average molecular weight is 234 g/mol. The third-order valence-corrected chi connectivity index (χ3v) is 3.75. The smallest absolute Gasteiger partial charge is 0.0302 e. The van der Waals surface area contributed by atoms with Crippen molar-refractivity contribution in [3.05, 3.63) is 33.9 Å². The van der Waals surface area contributed by atoms with Crippen LogP contribution in [0.3, 0.4) is 0 Å². The average Bonchev–Trinajstić information content (AvgIpc) is 2.34. The maximum absolute atomic E-state index is 2.28. The Kier molecular flexibility index (Phi) is 7.95. The molecule has 0 aliphatic heterocycles. The van der Waals surface area contributed by atoms with Gasteiger partial charge in [0, 0.05) is 0 Å². The molecule has 0 nitrogen and oxygen atoms in total. The lowest BCUT2D eigenvalue weighted by atomic mass is 9.90. The summed E-state index contributed by atoms with van der Waals surface area (Å²) in [6.07, 6.45) is 7.00. The van der Waals surface area contributed by atoms with E-state index >= 15 is 0 Å². The van der Waals surface area contributed by atoms with Gasteiger partial charge in [0.1, 0.15) is 0 Å². The van der Waals surface area contributed by atoms with Crippen LogP contribution in [0.1, 0.15) is 74.1 Å². The first-order valence-electron chi connectivity index (χ1n) is 7.05. The van der Waals surface area contributed by atoms with Crippen LogP contribution in [0, 0.1) is 0 Å². The van der Waals surface area contributed by atoms with E-state index < -0.39 is 0 Å². The molecular formula is C17H30. The van der Waals surface area contributed by atoms with E-state index in [1.165, 1.54) is 29.6 Å². The van der Waals surface area contributed by atoms with Crippen molar-refractivity contribution in [3.8, 4) is 0 Å². The minimum Gasteiger partial charge on any atom is -0.0842 e. The van der Waals surface area contributed by atoms with Crippen LogP contribution in [-0.2, 0) is 0 Å². The zero-order valence-electron chi connectivity index (χ0n) is 12.9. The Balaban J connectivity index is 5.45. The summed E-state index contributed by atoms with van der Waals surface area (Å²) < 4.78 is 0. The van der Waals surface area contributed by atoms with Crippen molar-refractivity contribution >= 4 is 0 Å².